The van der Waals surface area contributed by atoms with Gasteiger partial charge in [-0.15, -0.1) is 0 Å². The summed E-state index contributed by atoms with van der Waals surface area (Å²) in [6.45, 7) is 3.63. The number of rotatable bonds is 3. The van der Waals surface area contributed by atoms with Crippen LogP contribution in [-0.2, 0) is 4.74 Å². The second-order valence-electron chi connectivity index (χ2n) is 3.67. The van der Waals surface area contributed by atoms with Crippen molar-refractivity contribution in [3.63, 3.8) is 0 Å². The predicted molar refractivity (Wildman–Crippen MR) is 52.2 cm³/mol. The fourth-order valence-corrected chi connectivity index (χ4v) is 1.57. The Balaban J connectivity index is 2.08. The Morgan fingerprint density at radius 2 is 2.50 bits per heavy atom. The predicted octanol–water partition coefficient (Wildman–Crippen LogP) is 1.46. The third-order valence-electron chi connectivity index (χ3n) is 2.68. The van der Waals surface area contributed by atoms with Crippen molar-refractivity contribution in [2.45, 2.75) is 25.3 Å². The SMILES string of the molecule is CNC(C)c1ncc(C2CCOC2)o1. The highest BCUT2D eigenvalue weighted by Crippen LogP contribution is 2.26. The summed E-state index contributed by atoms with van der Waals surface area (Å²) in [4.78, 5) is 4.25. The van der Waals surface area contributed by atoms with Gasteiger partial charge in [-0.1, -0.05) is 0 Å². The lowest BCUT2D eigenvalue weighted by Gasteiger charge is -2.05. The molecule has 2 atom stereocenters. The third-order valence-corrected chi connectivity index (χ3v) is 2.68. The lowest BCUT2D eigenvalue weighted by molar-refractivity contribution is 0.191. The summed E-state index contributed by atoms with van der Waals surface area (Å²) in [6.07, 6.45) is 2.87. The molecule has 1 aromatic rings. The first-order valence-electron chi connectivity index (χ1n) is 5.02. The molecule has 4 nitrogen and oxygen atoms in total. The number of nitrogens with zero attached hydrogens (tertiary/aromatic N) is 1. The van der Waals surface area contributed by atoms with Gasteiger partial charge >= 0.3 is 0 Å². The summed E-state index contributed by atoms with van der Waals surface area (Å²) in [5, 5.41) is 3.10. The van der Waals surface area contributed by atoms with E-state index in [1.807, 2.05) is 20.2 Å². The van der Waals surface area contributed by atoms with E-state index in [9.17, 15) is 0 Å². The van der Waals surface area contributed by atoms with Gasteiger partial charge in [0.1, 0.15) is 5.76 Å². The second-order valence-corrected chi connectivity index (χ2v) is 3.67. The molecule has 0 bridgehead atoms. The Hall–Kier alpha value is -0.870. The molecule has 14 heavy (non-hydrogen) atoms. The van der Waals surface area contributed by atoms with Crippen LogP contribution in [0.25, 0.3) is 0 Å². The number of hydrogen-bond acceptors (Lipinski definition) is 4. The average Bonchev–Trinajstić information content (AvgIpc) is 2.86. The van der Waals surface area contributed by atoms with Gasteiger partial charge in [-0.25, -0.2) is 4.98 Å². The molecule has 2 heterocycles. The van der Waals surface area contributed by atoms with Crippen LogP contribution >= 0.6 is 0 Å². The van der Waals surface area contributed by atoms with Crippen molar-refractivity contribution in [3.8, 4) is 0 Å². The summed E-state index contributed by atoms with van der Waals surface area (Å²) >= 11 is 0. The summed E-state index contributed by atoms with van der Waals surface area (Å²) in [6, 6.07) is 0.172. The zero-order valence-corrected chi connectivity index (χ0v) is 8.62. The molecular formula is C10H16N2O2. The Kier molecular flexibility index (Phi) is 2.84. The molecule has 1 fully saturated rings. The molecule has 2 rings (SSSR count). The molecule has 1 N–H and O–H groups in total. The van der Waals surface area contributed by atoms with E-state index in [1.54, 1.807) is 0 Å². The number of ether oxygens (including phenoxy) is 1. The quantitative estimate of drug-likeness (QED) is 0.795. The zero-order valence-electron chi connectivity index (χ0n) is 8.62. The largest absolute Gasteiger partial charge is 0.444 e. The van der Waals surface area contributed by atoms with Crippen molar-refractivity contribution < 1.29 is 9.15 Å². The fourth-order valence-electron chi connectivity index (χ4n) is 1.57. The van der Waals surface area contributed by atoms with E-state index in [4.69, 9.17) is 9.15 Å². The van der Waals surface area contributed by atoms with Crippen LogP contribution in [0.4, 0.5) is 0 Å². The van der Waals surface area contributed by atoms with E-state index in [1.165, 1.54) is 0 Å². The minimum Gasteiger partial charge on any atom is -0.444 e. The van der Waals surface area contributed by atoms with E-state index in [0.29, 0.717) is 5.92 Å². The molecule has 78 valence electrons. The molecule has 1 saturated heterocycles. The fraction of sp³-hybridized carbons (Fsp3) is 0.700. The Morgan fingerprint density at radius 3 is 3.14 bits per heavy atom. The van der Waals surface area contributed by atoms with E-state index in [2.05, 4.69) is 10.3 Å². The molecule has 0 aliphatic carbocycles. The van der Waals surface area contributed by atoms with Crippen LogP contribution in [0.15, 0.2) is 10.6 Å². The molecule has 0 spiro atoms. The molecule has 4 heteroatoms. The highest BCUT2D eigenvalue weighted by molar-refractivity contribution is 5.04. The van der Waals surface area contributed by atoms with Crippen molar-refractivity contribution in [3.05, 3.63) is 17.8 Å². The Labute approximate surface area is 83.7 Å². The minimum atomic E-state index is 0.172. The van der Waals surface area contributed by atoms with Crippen LogP contribution in [0.1, 0.15) is 37.0 Å². The summed E-state index contributed by atoms with van der Waals surface area (Å²) in [5.74, 6) is 2.12. The molecule has 1 aromatic heterocycles. The van der Waals surface area contributed by atoms with Crippen LogP contribution in [0.5, 0.6) is 0 Å². The maximum atomic E-state index is 5.67. The maximum Gasteiger partial charge on any atom is 0.211 e. The van der Waals surface area contributed by atoms with Gasteiger partial charge in [-0.05, 0) is 20.4 Å². The normalized spacial score (nSPS) is 24.0. The Morgan fingerprint density at radius 1 is 1.64 bits per heavy atom. The first kappa shape index (κ1) is 9.68. The minimum absolute atomic E-state index is 0.172. The third kappa shape index (κ3) is 1.81. The second kappa shape index (κ2) is 4.11. The molecule has 1 aliphatic heterocycles. The average molecular weight is 196 g/mol. The van der Waals surface area contributed by atoms with Crippen molar-refractivity contribution in [2.24, 2.45) is 0 Å². The molecular weight excluding hydrogens is 180 g/mol. The van der Waals surface area contributed by atoms with Crippen LogP contribution in [0.3, 0.4) is 0 Å². The van der Waals surface area contributed by atoms with E-state index in [-0.39, 0.29) is 6.04 Å². The maximum absolute atomic E-state index is 5.67. The van der Waals surface area contributed by atoms with Crippen molar-refractivity contribution in [1.29, 1.82) is 0 Å². The van der Waals surface area contributed by atoms with Gasteiger partial charge in [0.15, 0.2) is 0 Å². The molecule has 1 aliphatic rings. The first-order valence-corrected chi connectivity index (χ1v) is 5.02. The Bertz CT molecular complexity index is 292. The van der Waals surface area contributed by atoms with Crippen molar-refractivity contribution >= 4 is 0 Å². The number of aromatic nitrogens is 1. The molecule has 0 radical (unpaired) electrons. The summed E-state index contributed by atoms with van der Waals surface area (Å²) < 4.78 is 11.0. The van der Waals surface area contributed by atoms with Gasteiger partial charge in [0.05, 0.1) is 18.8 Å². The van der Waals surface area contributed by atoms with Crippen LogP contribution < -0.4 is 5.32 Å². The summed E-state index contributed by atoms with van der Waals surface area (Å²) in [5.41, 5.74) is 0. The lowest BCUT2D eigenvalue weighted by Crippen LogP contribution is -2.12. The van der Waals surface area contributed by atoms with Gasteiger partial charge < -0.3 is 14.5 Å². The number of oxazole rings is 1. The highest BCUT2D eigenvalue weighted by atomic mass is 16.5. The lowest BCUT2D eigenvalue weighted by atomic mass is 10.1. The van der Waals surface area contributed by atoms with E-state index in [0.717, 1.165) is 31.3 Å². The molecule has 0 amide bonds. The molecule has 0 saturated carbocycles. The molecule has 2 unspecified atom stereocenters. The van der Waals surface area contributed by atoms with Gasteiger partial charge in [0, 0.05) is 12.5 Å². The van der Waals surface area contributed by atoms with E-state index >= 15 is 0 Å². The topological polar surface area (TPSA) is 47.3 Å². The first-order chi connectivity index (χ1) is 6.81. The molecule has 0 aromatic carbocycles. The van der Waals surface area contributed by atoms with Gasteiger partial charge in [0.2, 0.25) is 5.89 Å². The highest BCUT2D eigenvalue weighted by Gasteiger charge is 2.22. The van der Waals surface area contributed by atoms with E-state index < -0.39 is 0 Å². The van der Waals surface area contributed by atoms with Gasteiger partial charge in [-0.2, -0.15) is 0 Å². The smallest absolute Gasteiger partial charge is 0.211 e. The zero-order chi connectivity index (χ0) is 9.97. The summed E-state index contributed by atoms with van der Waals surface area (Å²) in [7, 11) is 1.90. The standard InChI is InChI=1S/C10H16N2O2/c1-7(11-2)10-12-5-9(14-10)8-3-4-13-6-8/h5,7-8,11H,3-4,6H2,1-2H3. The van der Waals surface area contributed by atoms with Gasteiger partial charge in [-0.3, -0.25) is 0 Å². The van der Waals surface area contributed by atoms with Crippen LogP contribution in [0.2, 0.25) is 0 Å². The number of nitrogens with one attached hydrogen (secondary N) is 1. The number of hydrogen-bond donors (Lipinski definition) is 1. The monoisotopic (exact) mass is 196 g/mol. The van der Waals surface area contributed by atoms with Crippen LogP contribution in [-0.4, -0.2) is 25.2 Å². The van der Waals surface area contributed by atoms with Crippen LogP contribution in [0, 0.1) is 0 Å². The van der Waals surface area contributed by atoms with Gasteiger partial charge in [0.25, 0.3) is 0 Å². The van der Waals surface area contributed by atoms with Crippen molar-refractivity contribution in [1.82, 2.24) is 10.3 Å². The van der Waals surface area contributed by atoms with Crippen molar-refractivity contribution in [2.75, 3.05) is 20.3 Å².